The number of nitrogens with zero attached hydrogens (tertiary/aromatic N) is 2. The largest absolute Gasteiger partial charge is 0.497 e. The van der Waals surface area contributed by atoms with Crippen molar-refractivity contribution in [3.05, 3.63) is 70.8 Å². The fourth-order valence-electron chi connectivity index (χ4n) is 4.83. The first-order chi connectivity index (χ1) is 14.4. The van der Waals surface area contributed by atoms with Crippen LogP contribution in [0.1, 0.15) is 27.4 Å². The van der Waals surface area contributed by atoms with Crippen molar-refractivity contribution in [3.63, 3.8) is 0 Å². The first-order valence-corrected chi connectivity index (χ1v) is 9.77. The summed E-state index contributed by atoms with van der Waals surface area (Å²) in [5.41, 5.74) is 3.54. The van der Waals surface area contributed by atoms with Gasteiger partial charge in [-0.15, -0.1) is 0 Å². The van der Waals surface area contributed by atoms with Crippen LogP contribution >= 0.6 is 0 Å². The fraction of sp³-hybridized carbons (Fsp3) is 0.261. The molecule has 0 bridgehead atoms. The highest BCUT2D eigenvalue weighted by atomic mass is 16.5. The van der Waals surface area contributed by atoms with Crippen LogP contribution in [0.2, 0.25) is 0 Å². The normalized spacial score (nSPS) is 25.0. The van der Waals surface area contributed by atoms with E-state index in [2.05, 4.69) is 5.32 Å². The van der Waals surface area contributed by atoms with Gasteiger partial charge in [0.25, 0.3) is 0 Å². The summed E-state index contributed by atoms with van der Waals surface area (Å²) in [7, 11) is 4.75. The number of hydrogen-bond donors (Lipinski definition) is 1. The quantitative estimate of drug-likeness (QED) is 0.833. The second-order valence-electron chi connectivity index (χ2n) is 7.82. The summed E-state index contributed by atoms with van der Waals surface area (Å²) in [4.78, 5) is 42.0. The molecule has 1 saturated heterocycles. The number of Topliss-reactive ketones (excluding diaryl/α,β-unsaturated/α-hetero) is 1. The van der Waals surface area contributed by atoms with Gasteiger partial charge in [0, 0.05) is 36.7 Å². The van der Waals surface area contributed by atoms with E-state index in [0.29, 0.717) is 22.6 Å². The smallest absolute Gasteiger partial charge is 0.327 e. The lowest BCUT2D eigenvalue weighted by Crippen LogP contribution is -2.66. The molecule has 0 spiro atoms. The molecule has 0 radical (unpaired) electrons. The second kappa shape index (κ2) is 6.45. The Bertz CT molecular complexity index is 1120. The van der Waals surface area contributed by atoms with Crippen LogP contribution in [0.3, 0.4) is 0 Å². The van der Waals surface area contributed by atoms with Crippen molar-refractivity contribution in [1.82, 2.24) is 15.1 Å². The van der Waals surface area contributed by atoms with Crippen LogP contribution < -0.4 is 10.1 Å². The van der Waals surface area contributed by atoms with Gasteiger partial charge >= 0.3 is 6.03 Å². The number of benzene rings is 2. The highest BCUT2D eigenvalue weighted by Crippen LogP contribution is 2.49. The predicted octanol–water partition coefficient (Wildman–Crippen LogP) is 2.46. The van der Waals surface area contributed by atoms with Crippen LogP contribution in [0.15, 0.2) is 54.1 Å². The van der Waals surface area contributed by atoms with Gasteiger partial charge in [0.05, 0.1) is 18.7 Å². The van der Waals surface area contributed by atoms with Gasteiger partial charge in [-0.05, 0) is 17.7 Å². The molecule has 7 nitrogen and oxygen atoms in total. The Morgan fingerprint density at radius 3 is 2.27 bits per heavy atom. The summed E-state index contributed by atoms with van der Waals surface area (Å²) in [6.45, 7) is 0. The van der Waals surface area contributed by atoms with Crippen molar-refractivity contribution in [2.45, 2.75) is 12.1 Å². The molecule has 152 valence electrons. The van der Waals surface area contributed by atoms with E-state index in [4.69, 9.17) is 4.74 Å². The van der Waals surface area contributed by atoms with E-state index in [1.165, 1.54) is 11.9 Å². The first kappa shape index (κ1) is 18.4. The van der Waals surface area contributed by atoms with Gasteiger partial charge < -0.3 is 15.0 Å². The maximum absolute atomic E-state index is 13.4. The van der Waals surface area contributed by atoms with E-state index in [9.17, 15) is 14.4 Å². The van der Waals surface area contributed by atoms with E-state index < -0.39 is 18.0 Å². The zero-order valence-corrected chi connectivity index (χ0v) is 16.9. The van der Waals surface area contributed by atoms with Gasteiger partial charge in [0.15, 0.2) is 5.78 Å². The Hall–Kier alpha value is -3.61. The van der Waals surface area contributed by atoms with Gasteiger partial charge in [-0.3, -0.25) is 14.5 Å². The maximum Gasteiger partial charge on any atom is 0.327 e. The number of nitrogens with one attached hydrogen (secondary N) is 1. The molecule has 5 rings (SSSR count). The number of ketones is 1. The highest BCUT2D eigenvalue weighted by Gasteiger charge is 2.54. The first-order valence-electron chi connectivity index (χ1n) is 9.77. The van der Waals surface area contributed by atoms with Gasteiger partial charge in [0.2, 0.25) is 5.91 Å². The molecule has 0 aromatic heterocycles. The standard InChI is InChI=1S/C23H21N3O4/c1-25-21-18(22(28)26(2)23(25)29)16(12-8-10-13(30-3)11-9-12)17-19(24-21)14-6-4-5-7-15(14)20(17)27/h4-11,16,18,21,24H,1-3H3. The summed E-state index contributed by atoms with van der Waals surface area (Å²) in [5, 5.41) is 3.35. The number of urea groups is 1. The lowest BCUT2D eigenvalue weighted by atomic mass is 9.73. The Kier molecular flexibility index (Phi) is 3.96. The summed E-state index contributed by atoms with van der Waals surface area (Å²) in [6, 6.07) is 14.5. The van der Waals surface area contributed by atoms with Crippen LogP contribution in [0.5, 0.6) is 5.75 Å². The van der Waals surface area contributed by atoms with Crippen molar-refractivity contribution < 1.29 is 19.1 Å². The van der Waals surface area contributed by atoms with Crippen molar-refractivity contribution in [3.8, 4) is 5.75 Å². The van der Waals surface area contributed by atoms with Gasteiger partial charge in [-0.25, -0.2) is 4.79 Å². The number of hydrogen-bond acceptors (Lipinski definition) is 5. The number of rotatable bonds is 2. The monoisotopic (exact) mass is 403 g/mol. The molecule has 2 aliphatic heterocycles. The highest BCUT2D eigenvalue weighted by molar-refractivity contribution is 6.22. The van der Waals surface area contributed by atoms with Crippen molar-refractivity contribution >= 4 is 23.4 Å². The van der Waals surface area contributed by atoms with Gasteiger partial charge in [-0.1, -0.05) is 36.4 Å². The third kappa shape index (κ3) is 2.35. The van der Waals surface area contributed by atoms with Crippen molar-refractivity contribution in [2.75, 3.05) is 21.2 Å². The molecule has 7 heteroatoms. The molecule has 2 heterocycles. The lowest BCUT2D eigenvalue weighted by molar-refractivity contribution is -0.138. The molecule has 2 aromatic rings. The minimum Gasteiger partial charge on any atom is -0.497 e. The molecule has 1 fully saturated rings. The molecule has 30 heavy (non-hydrogen) atoms. The minimum atomic E-state index is -0.622. The average molecular weight is 403 g/mol. The second-order valence-corrected chi connectivity index (χ2v) is 7.82. The molecular weight excluding hydrogens is 382 g/mol. The Morgan fingerprint density at radius 2 is 1.60 bits per heavy atom. The Morgan fingerprint density at radius 1 is 0.933 bits per heavy atom. The number of carbonyl (C=O) groups is 3. The third-order valence-electron chi connectivity index (χ3n) is 6.35. The number of imide groups is 1. The van der Waals surface area contributed by atoms with E-state index >= 15 is 0 Å². The molecule has 3 amide bonds. The van der Waals surface area contributed by atoms with Crippen LogP contribution in [0, 0.1) is 5.92 Å². The van der Waals surface area contributed by atoms with Gasteiger partial charge in [0.1, 0.15) is 11.9 Å². The van der Waals surface area contributed by atoms with Crippen molar-refractivity contribution in [2.24, 2.45) is 5.92 Å². The summed E-state index contributed by atoms with van der Waals surface area (Å²) >= 11 is 0. The number of methoxy groups -OCH3 is 1. The van der Waals surface area contributed by atoms with Crippen LogP contribution in [0.25, 0.3) is 5.70 Å². The number of allylic oxidation sites excluding steroid dienone is 1. The van der Waals surface area contributed by atoms with Crippen LogP contribution in [-0.2, 0) is 4.79 Å². The maximum atomic E-state index is 13.4. The number of amides is 3. The molecule has 3 aliphatic rings. The molecule has 2 aromatic carbocycles. The Labute approximate surface area is 173 Å². The number of fused-ring (bicyclic) bond motifs is 3. The van der Waals surface area contributed by atoms with Crippen LogP contribution in [0.4, 0.5) is 4.79 Å². The number of carbonyl (C=O) groups excluding carboxylic acids is 3. The number of ether oxygens (including phenoxy) is 1. The molecule has 1 aliphatic carbocycles. The van der Waals surface area contributed by atoms with E-state index in [1.807, 2.05) is 42.5 Å². The summed E-state index contributed by atoms with van der Waals surface area (Å²) < 4.78 is 5.27. The van der Waals surface area contributed by atoms with Crippen molar-refractivity contribution in [1.29, 1.82) is 0 Å². The fourth-order valence-corrected chi connectivity index (χ4v) is 4.83. The zero-order chi connectivity index (χ0) is 21.2. The summed E-state index contributed by atoms with van der Waals surface area (Å²) in [6.07, 6.45) is -0.550. The molecule has 3 atom stereocenters. The molecule has 0 saturated carbocycles. The predicted molar refractivity (Wildman–Crippen MR) is 110 cm³/mol. The van der Waals surface area contributed by atoms with E-state index in [-0.39, 0.29) is 17.7 Å². The topological polar surface area (TPSA) is 79.0 Å². The van der Waals surface area contributed by atoms with E-state index in [0.717, 1.165) is 16.0 Å². The average Bonchev–Trinajstić information content (AvgIpc) is 3.07. The lowest BCUT2D eigenvalue weighted by Gasteiger charge is -2.48. The van der Waals surface area contributed by atoms with Crippen LogP contribution in [-0.4, -0.2) is 54.9 Å². The minimum absolute atomic E-state index is 0.0811. The van der Waals surface area contributed by atoms with E-state index in [1.54, 1.807) is 20.2 Å². The molecule has 1 N–H and O–H groups in total. The third-order valence-corrected chi connectivity index (χ3v) is 6.35. The zero-order valence-electron chi connectivity index (χ0n) is 16.9. The SMILES string of the molecule is COc1ccc(C2C3=C(NC4C2C(=O)N(C)C(=O)N4C)c2ccccc2C3=O)cc1. The molecular formula is C23H21N3O4. The summed E-state index contributed by atoms with van der Waals surface area (Å²) in [5.74, 6) is -0.793. The molecule has 3 unspecified atom stereocenters. The van der Waals surface area contributed by atoms with Gasteiger partial charge in [-0.2, -0.15) is 0 Å². The Balaban J connectivity index is 1.73.